The summed E-state index contributed by atoms with van der Waals surface area (Å²) in [6, 6.07) is 25.0. The zero-order valence-corrected chi connectivity index (χ0v) is 34.4. The second kappa shape index (κ2) is 11.1. The number of benzene rings is 4. The van der Waals surface area contributed by atoms with Crippen molar-refractivity contribution in [2.24, 2.45) is 0 Å². The van der Waals surface area contributed by atoms with Crippen LogP contribution < -0.4 is 21.3 Å². The topological polar surface area (TPSA) is 3.24 Å². The third kappa shape index (κ3) is 5.38. The van der Waals surface area contributed by atoms with E-state index in [1.54, 1.807) is 0 Å². The van der Waals surface area contributed by atoms with Crippen LogP contribution >= 0.6 is 11.3 Å². The molecule has 5 aromatic rings. The molecule has 0 unspecified atom stereocenters. The first-order valence-corrected chi connectivity index (χ1v) is 20.3. The highest BCUT2D eigenvalue weighted by Crippen LogP contribution is 2.52. The van der Waals surface area contributed by atoms with Crippen LogP contribution in [-0.2, 0) is 27.1 Å². The molecule has 4 aromatic carbocycles. The Labute approximate surface area is 313 Å². The molecule has 0 bridgehead atoms. The van der Waals surface area contributed by atoms with Gasteiger partial charge in [0.05, 0.1) is 0 Å². The Hall–Kier alpha value is -3.30. The van der Waals surface area contributed by atoms with Crippen LogP contribution in [0.4, 0.5) is 17.1 Å². The lowest BCUT2D eigenvalue weighted by Crippen LogP contribution is -2.58. The second-order valence-electron chi connectivity index (χ2n) is 20.2. The lowest BCUT2D eigenvalue weighted by molar-refractivity contribution is 0.331. The van der Waals surface area contributed by atoms with Crippen LogP contribution in [-0.4, -0.2) is 6.71 Å². The number of rotatable bonds is 2. The molecule has 0 fully saturated rings. The van der Waals surface area contributed by atoms with Crippen LogP contribution in [0, 0.1) is 13.8 Å². The van der Waals surface area contributed by atoms with Gasteiger partial charge in [-0.1, -0.05) is 118 Å². The van der Waals surface area contributed by atoms with E-state index in [-0.39, 0.29) is 33.8 Å². The van der Waals surface area contributed by atoms with Crippen molar-refractivity contribution >= 4 is 61.6 Å². The second-order valence-corrected chi connectivity index (χ2v) is 21.1. The predicted molar refractivity (Wildman–Crippen MR) is 226 cm³/mol. The van der Waals surface area contributed by atoms with Crippen molar-refractivity contribution in [2.45, 2.75) is 143 Å². The fourth-order valence-electron chi connectivity index (χ4n) is 9.72. The van der Waals surface area contributed by atoms with Crippen LogP contribution in [0.1, 0.15) is 141 Å². The van der Waals surface area contributed by atoms with Crippen molar-refractivity contribution in [3.8, 4) is 0 Å². The molecule has 0 saturated carbocycles. The molecule has 8 rings (SSSR count). The molecule has 0 N–H and O–H groups in total. The molecule has 3 heteroatoms. The molecule has 0 saturated heterocycles. The number of hydrogen-bond acceptors (Lipinski definition) is 2. The molecule has 1 aliphatic heterocycles. The summed E-state index contributed by atoms with van der Waals surface area (Å²) in [5.74, 6) is 0. The minimum absolute atomic E-state index is 0.0880. The van der Waals surface area contributed by atoms with E-state index in [4.69, 9.17) is 0 Å². The lowest BCUT2D eigenvalue weighted by Gasteiger charge is -2.46. The maximum atomic E-state index is 2.69. The maximum absolute atomic E-state index is 2.69. The molecule has 2 aliphatic carbocycles. The van der Waals surface area contributed by atoms with Gasteiger partial charge >= 0.3 is 0 Å². The molecule has 0 spiro atoms. The Morgan fingerprint density at radius 2 is 1.10 bits per heavy atom. The normalized spacial score (nSPS) is 19.7. The standard InChI is InChI=1S/C48H58BNS/c1-29-14-16-37-41(22-29)50(40-26-35-33(23-30(40)2)45(6,7)18-20-47(35,10)11)42-27-36-34(46(8,9)19-21-48(36,12)13)25-38(42)49(37)39-28-51-43-17-15-31(24-32(39)43)44(3,4)5/h14-17,22-28H,18-21H2,1-13H3. The summed E-state index contributed by atoms with van der Waals surface area (Å²) in [7, 11) is 0. The smallest absolute Gasteiger partial charge is 0.248 e. The van der Waals surface area contributed by atoms with E-state index >= 15 is 0 Å². The Morgan fingerprint density at radius 3 is 1.69 bits per heavy atom. The predicted octanol–water partition coefficient (Wildman–Crippen LogP) is 11.8. The van der Waals surface area contributed by atoms with Crippen LogP contribution in [0.3, 0.4) is 0 Å². The molecule has 1 nitrogen and oxygen atoms in total. The third-order valence-electron chi connectivity index (χ3n) is 13.5. The Balaban J connectivity index is 1.47. The SMILES string of the molecule is Cc1ccc2c(c1)N(c1cc3c(cc1C)C(C)(C)CCC3(C)C)c1cc3c(cc1B2c1csc2ccc(C(C)(C)C)cc12)C(C)(C)CCC3(C)C. The average molecular weight is 692 g/mol. The summed E-state index contributed by atoms with van der Waals surface area (Å²) in [5.41, 5.74) is 19.2. The van der Waals surface area contributed by atoms with Crippen LogP contribution in [0.25, 0.3) is 10.1 Å². The lowest BCUT2D eigenvalue weighted by atomic mass is 9.34. The van der Waals surface area contributed by atoms with E-state index in [1.807, 2.05) is 11.3 Å². The molecule has 3 aliphatic rings. The fourth-order valence-corrected chi connectivity index (χ4v) is 10.7. The summed E-state index contributed by atoms with van der Waals surface area (Å²) >= 11 is 1.91. The summed E-state index contributed by atoms with van der Waals surface area (Å²) in [4.78, 5) is 2.69. The van der Waals surface area contributed by atoms with Crippen molar-refractivity contribution in [1.29, 1.82) is 0 Å². The van der Waals surface area contributed by atoms with Gasteiger partial charge in [0.1, 0.15) is 0 Å². The van der Waals surface area contributed by atoms with E-state index in [1.165, 1.54) is 108 Å². The van der Waals surface area contributed by atoms with Crippen molar-refractivity contribution in [3.05, 3.63) is 105 Å². The van der Waals surface area contributed by atoms with E-state index < -0.39 is 0 Å². The zero-order chi connectivity index (χ0) is 36.6. The monoisotopic (exact) mass is 691 g/mol. The van der Waals surface area contributed by atoms with Gasteiger partial charge in [0.25, 0.3) is 0 Å². The highest BCUT2D eigenvalue weighted by atomic mass is 32.1. The summed E-state index contributed by atoms with van der Waals surface area (Å²) in [5, 5.41) is 3.89. The number of fused-ring (bicyclic) bond motifs is 5. The Morgan fingerprint density at radius 1 is 0.569 bits per heavy atom. The summed E-state index contributed by atoms with van der Waals surface area (Å²) < 4.78 is 1.38. The van der Waals surface area contributed by atoms with Gasteiger partial charge in [0, 0.05) is 21.8 Å². The maximum Gasteiger partial charge on any atom is 0.248 e. The van der Waals surface area contributed by atoms with E-state index in [9.17, 15) is 0 Å². The highest BCUT2D eigenvalue weighted by Gasteiger charge is 2.44. The van der Waals surface area contributed by atoms with Crippen LogP contribution in [0.5, 0.6) is 0 Å². The van der Waals surface area contributed by atoms with Gasteiger partial charge in [-0.2, -0.15) is 0 Å². The fraction of sp³-hybridized carbons (Fsp3) is 0.458. The number of hydrogen-bond donors (Lipinski definition) is 0. The van der Waals surface area contributed by atoms with E-state index in [0.717, 1.165) is 0 Å². The van der Waals surface area contributed by atoms with Crippen LogP contribution in [0.15, 0.2) is 66.0 Å². The van der Waals surface area contributed by atoms with Crippen LogP contribution in [0.2, 0.25) is 0 Å². The summed E-state index contributed by atoms with van der Waals surface area (Å²) in [6.45, 7) is 31.5. The molecular weight excluding hydrogens is 633 g/mol. The van der Waals surface area contributed by atoms with Crippen molar-refractivity contribution in [3.63, 3.8) is 0 Å². The minimum atomic E-state index is 0.0880. The van der Waals surface area contributed by atoms with E-state index in [2.05, 4.69) is 161 Å². The first kappa shape index (κ1) is 34.8. The Kier molecular flexibility index (Phi) is 7.58. The van der Waals surface area contributed by atoms with Gasteiger partial charge in [0.2, 0.25) is 6.71 Å². The first-order chi connectivity index (χ1) is 23.7. The van der Waals surface area contributed by atoms with Gasteiger partial charge in [-0.15, -0.1) is 11.3 Å². The third-order valence-corrected chi connectivity index (χ3v) is 14.5. The minimum Gasteiger partial charge on any atom is -0.311 e. The largest absolute Gasteiger partial charge is 0.311 e. The molecule has 0 radical (unpaired) electrons. The van der Waals surface area contributed by atoms with Crippen molar-refractivity contribution in [2.75, 3.05) is 4.90 Å². The molecular formula is C48H58BNS. The number of anilines is 3. The average Bonchev–Trinajstić information content (AvgIpc) is 3.46. The van der Waals surface area contributed by atoms with Gasteiger partial charge in [0.15, 0.2) is 0 Å². The van der Waals surface area contributed by atoms with Gasteiger partial charge in [-0.05, 0) is 152 Å². The van der Waals surface area contributed by atoms with Crippen molar-refractivity contribution in [1.82, 2.24) is 0 Å². The molecule has 51 heavy (non-hydrogen) atoms. The molecule has 2 heterocycles. The van der Waals surface area contributed by atoms with Gasteiger partial charge in [-0.25, -0.2) is 0 Å². The molecule has 0 atom stereocenters. The summed E-state index contributed by atoms with van der Waals surface area (Å²) in [6.07, 6.45) is 4.85. The molecule has 0 amide bonds. The van der Waals surface area contributed by atoms with Gasteiger partial charge < -0.3 is 4.90 Å². The number of aryl methyl sites for hydroxylation is 2. The molecule has 1 aromatic heterocycles. The quantitative estimate of drug-likeness (QED) is 0.163. The number of nitrogens with zero attached hydrogens (tertiary/aromatic N) is 1. The Bertz CT molecular complexity index is 2240. The molecule has 264 valence electrons. The number of thiophene rings is 1. The van der Waals surface area contributed by atoms with Gasteiger partial charge in [-0.3, -0.25) is 0 Å². The van der Waals surface area contributed by atoms with Crippen molar-refractivity contribution < 1.29 is 0 Å². The van der Waals surface area contributed by atoms with E-state index in [0.29, 0.717) is 0 Å². The zero-order valence-electron chi connectivity index (χ0n) is 33.6. The highest BCUT2D eigenvalue weighted by molar-refractivity contribution is 7.20. The first-order valence-electron chi connectivity index (χ1n) is 19.5.